The number of hydrogen-bond acceptors (Lipinski definition) is 4. The number of carbonyl (C=O) groups excluding carboxylic acids is 4. The Labute approximate surface area is 223 Å². The zero-order valence-electron chi connectivity index (χ0n) is 21.7. The van der Waals surface area contributed by atoms with Crippen molar-refractivity contribution in [3.8, 4) is 0 Å². The summed E-state index contributed by atoms with van der Waals surface area (Å²) in [5, 5.41) is 5.52. The number of hydrogen-bond donors (Lipinski definition) is 3. The Morgan fingerprint density at radius 2 is 1.11 bits per heavy atom. The fraction of sp³-hybridized carbons (Fsp3) is 0.267. The highest BCUT2D eigenvalue weighted by atomic mass is 16.2. The van der Waals surface area contributed by atoms with Crippen LogP contribution in [0.25, 0.3) is 0 Å². The van der Waals surface area contributed by atoms with Gasteiger partial charge < -0.3 is 21.3 Å². The van der Waals surface area contributed by atoms with E-state index in [1.807, 2.05) is 91.0 Å². The summed E-state index contributed by atoms with van der Waals surface area (Å²) in [6.07, 6.45) is 0.698. The van der Waals surface area contributed by atoms with Crippen molar-refractivity contribution in [1.29, 1.82) is 0 Å². The monoisotopic (exact) mass is 514 g/mol. The second-order valence-corrected chi connectivity index (χ2v) is 9.25. The lowest BCUT2D eigenvalue weighted by molar-refractivity contribution is -0.141. The van der Waals surface area contributed by atoms with Crippen LogP contribution in [0, 0.1) is 0 Å². The molecule has 38 heavy (non-hydrogen) atoms. The van der Waals surface area contributed by atoms with E-state index in [0.717, 1.165) is 16.7 Å². The molecule has 3 rings (SSSR count). The molecule has 3 aromatic carbocycles. The lowest BCUT2D eigenvalue weighted by atomic mass is 10.00. The van der Waals surface area contributed by atoms with Crippen LogP contribution in [-0.2, 0) is 38.4 Å². The minimum Gasteiger partial charge on any atom is -0.368 e. The Hall–Kier alpha value is -4.46. The molecule has 0 aliphatic heterocycles. The first-order valence-electron chi connectivity index (χ1n) is 12.5. The number of rotatable bonds is 12. The van der Waals surface area contributed by atoms with Gasteiger partial charge in [0, 0.05) is 33.2 Å². The Balaban J connectivity index is 1.85. The molecule has 4 amide bonds. The van der Waals surface area contributed by atoms with Crippen molar-refractivity contribution in [2.75, 3.05) is 7.05 Å². The van der Waals surface area contributed by atoms with Gasteiger partial charge in [-0.05, 0) is 16.7 Å². The van der Waals surface area contributed by atoms with Crippen molar-refractivity contribution in [2.24, 2.45) is 5.73 Å². The van der Waals surface area contributed by atoms with E-state index < -0.39 is 35.8 Å². The van der Waals surface area contributed by atoms with E-state index in [1.54, 1.807) is 0 Å². The minimum atomic E-state index is -0.987. The number of nitrogens with zero attached hydrogens (tertiary/aromatic N) is 1. The highest BCUT2D eigenvalue weighted by Gasteiger charge is 2.33. The molecular formula is C30H34N4O4. The number of carbonyl (C=O) groups is 4. The Bertz CT molecular complexity index is 1220. The summed E-state index contributed by atoms with van der Waals surface area (Å²) < 4.78 is 0. The molecule has 3 atom stereocenters. The summed E-state index contributed by atoms with van der Waals surface area (Å²) in [7, 11) is 1.51. The molecule has 0 unspecified atom stereocenters. The van der Waals surface area contributed by atoms with Crippen LogP contribution in [0.3, 0.4) is 0 Å². The lowest BCUT2D eigenvalue weighted by Gasteiger charge is -2.31. The molecule has 0 bridgehead atoms. The molecule has 3 aromatic rings. The highest BCUT2D eigenvalue weighted by molar-refractivity contribution is 5.94. The van der Waals surface area contributed by atoms with Gasteiger partial charge >= 0.3 is 0 Å². The third-order valence-corrected chi connectivity index (χ3v) is 6.29. The van der Waals surface area contributed by atoms with Crippen molar-refractivity contribution in [1.82, 2.24) is 15.5 Å². The SMILES string of the molecule is CC(=O)N[C@H](Cc1ccccc1)C(=O)N[C@H](Cc1ccccc1)C(=O)N(C)[C@H](Cc1ccccc1)C(N)=O. The van der Waals surface area contributed by atoms with E-state index in [-0.39, 0.29) is 25.2 Å². The third-order valence-electron chi connectivity index (χ3n) is 6.29. The summed E-state index contributed by atoms with van der Waals surface area (Å²) in [6.45, 7) is 1.34. The van der Waals surface area contributed by atoms with Crippen molar-refractivity contribution < 1.29 is 19.2 Å². The fourth-order valence-corrected chi connectivity index (χ4v) is 4.29. The average molecular weight is 515 g/mol. The van der Waals surface area contributed by atoms with Gasteiger partial charge in [0.1, 0.15) is 18.1 Å². The lowest BCUT2D eigenvalue weighted by Crippen LogP contribution is -2.58. The number of primary amides is 1. The van der Waals surface area contributed by atoms with E-state index in [1.165, 1.54) is 18.9 Å². The molecule has 0 saturated carbocycles. The fourth-order valence-electron chi connectivity index (χ4n) is 4.29. The van der Waals surface area contributed by atoms with E-state index >= 15 is 0 Å². The van der Waals surface area contributed by atoms with E-state index in [0.29, 0.717) is 0 Å². The molecule has 0 radical (unpaired) electrons. The van der Waals surface area contributed by atoms with Gasteiger partial charge in [0.25, 0.3) is 0 Å². The van der Waals surface area contributed by atoms with Gasteiger partial charge in [0.05, 0.1) is 0 Å². The first-order valence-corrected chi connectivity index (χ1v) is 12.5. The number of nitrogens with two attached hydrogens (primary N) is 1. The number of benzene rings is 3. The highest BCUT2D eigenvalue weighted by Crippen LogP contribution is 2.13. The molecule has 0 heterocycles. The average Bonchev–Trinajstić information content (AvgIpc) is 2.91. The van der Waals surface area contributed by atoms with E-state index in [4.69, 9.17) is 5.73 Å². The summed E-state index contributed by atoms with van der Waals surface area (Å²) in [5.41, 5.74) is 8.25. The topological polar surface area (TPSA) is 122 Å². The number of nitrogens with one attached hydrogen (secondary N) is 2. The number of amides is 4. The maximum Gasteiger partial charge on any atom is 0.245 e. The molecule has 8 heteroatoms. The molecule has 4 N–H and O–H groups in total. The van der Waals surface area contributed by atoms with Crippen LogP contribution in [-0.4, -0.2) is 53.7 Å². The molecule has 198 valence electrons. The second-order valence-electron chi connectivity index (χ2n) is 9.25. The van der Waals surface area contributed by atoms with Gasteiger partial charge in [-0.25, -0.2) is 0 Å². The smallest absolute Gasteiger partial charge is 0.245 e. The molecule has 0 aliphatic carbocycles. The molecule has 0 saturated heterocycles. The van der Waals surface area contributed by atoms with Gasteiger partial charge in [-0.2, -0.15) is 0 Å². The van der Waals surface area contributed by atoms with Gasteiger partial charge in [-0.1, -0.05) is 91.0 Å². The first kappa shape index (κ1) is 28.1. The zero-order chi connectivity index (χ0) is 27.5. The van der Waals surface area contributed by atoms with Gasteiger partial charge in [-0.15, -0.1) is 0 Å². The van der Waals surface area contributed by atoms with Crippen LogP contribution in [0.5, 0.6) is 0 Å². The summed E-state index contributed by atoms with van der Waals surface area (Å²) in [6, 6.07) is 25.1. The molecule has 8 nitrogen and oxygen atoms in total. The summed E-state index contributed by atoms with van der Waals surface area (Å²) >= 11 is 0. The Kier molecular flexibility index (Phi) is 10.2. The van der Waals surface area contributed by atoms with Crippen LogP contribution >= 0.6 is 0 Å². The van der Waals surface area contributed by atoms with Crippen molar-refractivity contribution in [2.45, 2.75) is 44.3 Å². The maximum atomic E-state index is 13.7. The standard InChI is InChI=1S/C30H34N4O4/c1-21(35)32-25(18-22-12-6-3-7-13-22)29(37)33-26(19-23-14-8-4-9-15-23)30(38)34(2)27(28(31)36)20-24-16-10-5-11-17-24/h3-17,25-27H,18-20H2,1-2H3,(H2,31,36)(H,32,35)(H,33,37)/t25-,26-,27-/m1/s1. The number of likely N-dealkylation sites (N-methyl/N-ethyl adjacent to an activating group) is 1. The predicted molar refractivity (Wildman–Crippen MR) is 146 cm³/mol. The van der Waals surface area contributed by atoms with Crippen molar-refractivity contribution in [3.63, 3.8) is 0 Å². The van der Waals surface area contributed by atoms with Crippen molar-refractivity contribution >= 4 is 23.6 Å². The van der Waals surface area contributed by atoms with Gasteiger partial charge in [-0.3, -0.25) is 19.2 Å². The normalized spacial score (nSPS) is 13.0. The maximum absolute atomic E-state index is 13.7. The van der Waals surface area contributed by atoms with Crippen LogP contribution in [0.15, 0.2) is 91.0 Å². The second kappa shape index (κ2) is 13.7. The van der Waals surface area contributed by atoms with Crippen LogP contribution in [0.4, 0.5) is 0 Å². The van der Waals surface area contributed by atoms with Crippen LogP contribution < -0.4 is 16.4 Å². The predicted octanol–water partition coefficient (Wildman–Crippen LogP) is 2.02. The Morgan fingerprint density at radius 3 is 1.53 bits per heavy atom. The molecule has 0 aliphatic rings. The summed E-state index contributed by atoms with van der Waals surface area (Å²) in [4.78, 5) is 52.7. The van der Waals surface area contributed by atoms with Crippen LogP contribution in [0.1, 0.15) is 23.6 Å². The van der Waals surface area contributed by atoms with Crippen LogP contribution in [0.2, 0.25) is 0 Å². The van der Waals surface area contributed by atoms with Gasteiger partial charge in [0.2, 0.25) is 23.6 Å². The molecular weight excluding hydrogens is 480 g/mol. The van der Waals surface area contributed by atoms with Crippen molar-refractivity contribution in [3.05, 3.63) is 108 Å². The van der Waals surface area contributed by atoms with Gasteiger partial charge in [0.15, 0.2) is 0 Å². The molecule has 0 fully saturated rings. The third kappa shape index (κ3) is 8.30. The zero-order valence-corrected chi connectivity index (χ0v) is 21.7. The van der Waals surface area contributed by atoms with E-state index in [2.05, 4.69) is 10.6 Å². The quantitative estimate of drug-likeness (QED) is 0.342. The largest absolute Gasteiger partial charge is 0.368 e. The molecule has 0 aromatic heterocycles. The Morgan fingerprint density at radius 1 is 0.684 bits per heavy atom. The van der Waals surface area contributed by atoms with E-state index in [9.17, 15) is 19.2 Å². The minimum absolute atomic E-state index is 0.199. The summed E-state index contributed by atoms with van der Waals surface area (Å²) in [5.74, 6) is -1.95. The first-order chi connectivity index (χ1) is 18.2. The molecule has 0 spiro atoms.